The Balaban J connectivity index is 1.26. The molecule has 0 unspecified atom stereocenters. The van der Waals surface area contributed by atoms with E-state index in [0.717, 1.165) is 45.6 Å². The minimum Gasteiger partial charge on any atom is -0.486 e. The molecule has 4 heterocycles. The second-order valence-electron chi connectivity index (χ2n) is 8.36. The number of thioether (sulfide) groups is 1. The molecule has 1 atom stereocenters. The highest BCUT2D eigenvalue weighted by Crippen LogP contribution is 2.32. The van der Waals surface area contributed by atoms with Gasteiger partial charge in [0.2, 0.25) is 0 Å². The molecule has 3 aromatic heterocycles. The molecule has 5 rings (SSSR count). The third-order valence-electron chi connectivity index (χ3n) is 6.09. The van der Waals surface area contributed by atoms with Crippen LogP contribution in [0.3, 0.4) is 0 Å². The Bertz CT molecular complexity index is 1350. The fourth-order valence-corrected chi connectivity index (χ4v) is 5.02. The Morgan fingerprint density at radius 1 is 1.15 bits per heavy atom. The Morgan fingerprint density at radius 3 is 2.71 bits per heavy atom. The fraction of sp³-hybridized carbons (Fsp3) is 0.320. The van der Waals surface area contributed by atoms with Gasteiger partial charge in [-0.05, 0) is 45.0 Å². The van der Waals surface area contributed by atoms with Crippen LogP contribution >= 0.6 is 11.8 Å². The lowest BCUT2D eigenvalue weighted by Crippen LogP contribution is -2.33. The third kappa shape index (κ3) is 4.11. The van der Waals surface area contributed by atoms with Crippen LogP contribution < -0.4 is 9.47 Å². The van der Waals surface area contributed by atoms with E-state index in [0.29, 0.717) is 18.3 Å². The molecule has 1 aliphatic heterocycles. The SMILES string of the molecule is Cc1occc1-c1nnc(SCC(=O)c2cc(C)n(C[C@@H]3COc4ccccc4O3)c2C)n1C. The van der Waals surface area contributed by atoms with Gasteiger partial charge < -0.3 is 23.0 Å². The molecule has 34 heavy (non-hydrogen) atoms. The number of ether oxygens (including phenoxy) is 2. The Hall–Kier alpha value is -3.46. The van der Waals surface area contributed by atoms with Gasteiger partial charge in [-0.2, -0.15) is 0 Å². The van der Waals surface area contributed by atoms with Gasteiger partial charge in [0.1, 0.15) is 12.4 Å². The number of hydrogen-bond acceptors (Lipinski definition) is 7. The van der Waals surface area contributed by atoms with Crippen molar-refractivity contribution >= 4 is 17.5 Å². The number of benzene rings is 1. The summed E-state index contributed by atoms with van der Waals surface area (Å²) in [6, 6.07) is 11.5. The lowest BCUT2D eigenvalue weighted by Gasteiger charge is -2.27. The van der Waals surface area contributed by atoms with E-state index >= 15 is 0 Å². The van der Waals surface area contributed by atoms with E-state index in [1.54, 1.807) is 6.26 Å². The van der Waals surface area contributed by atoms with Crippen LogP contribution in [0.25, 0.3) is 11.4 Å². The van der Waals surface area contributed by atoms with Gasteiger partial charge in [-0.3, -0.25) is 4.79 Å². The molecule has 0 N–H and O–H groups in total. The summed E-state index contributed by atoms with van der Waals surface area (Å²) >= 11 is 1.38. The highest BCUT2D eigenvalue weighted by molar-refractivity contribution is 7.99. The second kappa shape index (κ2) is 9.06. The molecule has 176 valence electrons. The van der Waals surface area contributed by atoms with E-state index in [2.05, 4.69) is 14.8 Å². The normalized spacial score (nSPS) is 15.0. The number of ketones is 1. The average molecular weight is 479 g/mol. The number of hydrogen-bond donors (Lipinski definition) is 0. The maximum atomic E-state index is 13.1. The zero-order valence-corrected chi connectivity index (χ0v) is 20.4. The molecule has 0 bridgehead atoms. The van der Waals surface area contributed by atoms with Crippen molar-refractivity contribution in [2.75, 3.05) is 12.4 Å². The van der Waals surface area contributed by atoms with Crippen molar-refractivity contribution in [3.05, 3.63) is 65.4 Å². The van der Waals surface area contributed by atoms with Crippen molar-refractivity contribution in [2.45, 2.75) is 38.6 Å². The number of carbonyl (C=O) groups is 1. The first-order chi connectivity index (χ1) is 16.4. The molecule has 9 heteroatoms. The predicted molar refractivity (Wildman–Crippen MR) is 129 cm³/mol. The Labute approximate surface area is 201 Å². The zero-order valence-electron chi connectivity index (χ0n) is 19.6. The number of Topliss-reactive ketones (excluding diaryl/α,β-unsaturated/α-hetero) is 1. The van der Waals surface area contributed by atoms with Crippen LogP contribution in [0.15, 0.2) is 52.2 Å². The van der Waals surface area contributed by atoms with Crippen LogP contribution in [-0.4, -0.2) is 43.6 Å². The van der Waals surface area contributed by atoms with Crippen LogP contribution in [0.4, 0.5) is 0 Å². The third-order valence-corrected chi connectivity index (χ3v) is 7.12. The van der Waals surface area contributed by atoms with E-state index in [-0.39, 0.29) is 17.6 Å². The number of aryl methyl sites for hydroxylation is 2. The molecule has 0 fully saturated rings. The summed E-state index contributed by atoms with van der Waals surface area (Å²) in [5, 5.41) is 9.23. The van der Waals surface area contributed by atoms with Crippen LogP contribution in [0.5, 0.6) is 11.5 Å². The second-order valence-corrected chi connectivity index (χ2v) is 9.30. The molecule has 0 amide bonds. The molecule has 1 aromatic carbocycles. The van der Waals surface area contributed by atoms with E-state index in [4.69, 9.17) is 13.9 Å². The summed E-state index contributed by atoms with van der Waals surface area (Å²) in [5.74, 6) is 3.35. The molecule has 4 aromatic rings. The van der Waals surface area contributed by atoms with Gasteiger partial charge in [-0.15, -0.1) is 10.2 Å². The predicted octanol–water partition coefficient (Wildman–Crippen LogP) is 4.62. The molecule has 0 spiro atoms. The number of rotatable bonds is 7. The quantitative estimate of drug-likeness (QED) is 0.283. The van der Waals surface area contributed by atoms with Crippen LogP contribution in [0.1, 0.15) is 27.5 Å². The molecule has 0 aliphatic carbocycles. The lowest BCUT2D eigenvalue weighted by molar-refractivity contribution is 0.0777. The molecule has 0 saturated carbocycles. The average Bonchev–Trinajstić information content (AvgIpc) is 3.50. The van der Waals surface area contributed by atoms with Gasteiger partial charge in [-0.25, -0.2) is 0 Å². The van der Waals surface area contributed by atoms with Gasteiger partial charge in [-0.1, -0.05) is 23.9 Å². The zero-order chi connectivity index (χ0) is 23.8. The van der Waals surface area contributed by atoms with Crippen molar-refractivity contribution in [1.29, 1.82) is 0 Å². The van der Waals surface area contributed by atoms with Crippen LogP contribution in [0.2, 0.25) is 0 Å². The van der Waals surface area contributed by atoms with E-state index < -0.39 is 0 Å². The number of aromatic nitrogens is 4. The number of nitrogens with zero attached hydrogens (tertiary/aromatic N) is 4. The molecule has 1 aliphatic rings. The van der Waals surface area contributed by atoms with Crippen LogP contribution in [-0.2, 0) is 13.6 Å². The summed E-state index contributed by atoms with van der Waals surface area (Å²) in [6.07, 6.45) is 1.51. The lowest BCUT2D eigenvalue weighted by atomic mass is 10.2. The van der Waals surface area contributed by atoms with Gasteiger partial charge in [0.15, 0.2) is 34.4 Å². The van der Waals surface area contributed by atoms with E-state index in [1.165, 1.54) is 11.8 Å². The Morgan fingerprint density at radius 2 is 1.94 bits per heavy atom. The first-order valence-corrected chi connectivity index (χ1v) is 12.1. The minimum absolute atomic E-state index is 0.0551. The van der Waals surface area contributed by atoms with Crippen molar-refractivity contribution in [1.82, 2.24) is 19.3 Å². The van der Waals surface area contributed by atoms with Gasteiger partial charge in [0.25, 0.3) is 0 Å². The van der Waals surface area contributed by atoms with Crippen molar-refractivity contribution in [3.63, 3.8) is 0 Å². The molecule has 0 saturated heterocycles. The minimum atomic E-state index is -0.125. The summed E-state index contributed by atoms with van der Waals surface area (Å²) in [5.41, 5.74) is 3.56. The number of para-hydroxylation sites is 2. The van der Waals surface area contributed by atoms with Crippen LogP contribution in [0, 0.1) is 20.8 Å². The van der Waals surface area contributed by atoms with E-state index in [1.807, 2.05) is 68.8 Å². The number of furan rings is 1. The fourth-order valence-electron chi connectivity index (χ4n) is 4.22. The highest BCUT2D eigenvalue weighted by atomic mass is 32.2. The number of carbonyl (C=O) groups excluding carboxylic acids is 1. The molecule has 0 radical (unpaired) electrons. The summed E-state index contributed by atoms with van der Waals surface area (Å²) in [6.45, 7) is 6.96. The molecular weight excluding hydrogens is 452 g/mol. The first-order valence-electron chi connectivity index (χ1n) is 11.1. The standard InChI is InChI=1S/C25H26N4O4S/c1-15-11-20(16(2)29(15)12-18-13-32-22-7-5-6-8-23(22)33-18)21(30)14-34-25-27-26-24(28(25)4)19-9-10-31-17(19)3/h5-11,18H,12-14H2,1-4H3/t18-/m1/s1. The first kappa shape index (κ1) is 22.3. The Kier molecular flexibility index (Phi) is 5.95. The van der Waals surface area contributed by atoms with E-state index in [9.17, 15) is 4.79 Å². The molecular formula is C25H26N4O4S. The largest absolute Gasteiger partial charge is 0.486 e. The maximum Gasteiger partial charge on any atom is 0.191 e. The van der Waals surface area contributed by atoms with Gasteiger partial charge in [0.05, 0.1) is 24.1 Å². The van der Waals surface area contributed by atoms with Crippen molar-refractivity contribution in [3.8, 4) is 22.9 Å². The number of fused-ring (bicyclic) bond motifs is 1. The highest BCUT2D eigenvalue weighted by Gasteiger charge is 2.24. The van der Waals surface area contributed by atoms with Crippen molar-refractivity contribution in [2.24, 2.45) is 7.05 Å². The topological polar surface area (TPSA) is 84.3 Å². The summed E-state index contributed by atoms with van der Waals surface area (Å²) in [4.78, 5) is 13.1. The smallest absolute Gasteiger partial charge is 0.191 e. The van der Waals surface area contributed by atoms with Crippen molar-refractivity contribution < 1.29 is 18.7 Å². The molecule has 8 nitrogen and oxygen atoms in total. The summed E-state index contributed by atoms with van der Waals surface area (Å²) in [7, 11) is 1.89. The monoisotopic (exact) mass is 478 g/mol. The summed E-state index contributed by atoms with van der Waals surface area (Å²) < 4.78 is 21.4. The van der Waals surface area contributed by atoms with Gasteiger partial charge >= 0.3 is 0 Å². The maximum absolute atomic E-state index is 13.1. The van der Waals surface area contributed by atoms with Gasteiger partial charge in [0, 0.05) is 24.0 Å².